The third-order valence-corrected chi connectivity index (χ3v) is 6.63. The lowest BCUT2D eigenvalue weighted by molar-refractivity contribution is 0.0993. The van der Waals surface area contributed by atoms with Crippen molar-refractivity contribution in [1.29, 1.82) is 0 Å². The van der Waals surface area contributed by atoms with E-state index in [9.17, 15) is 9.59 Å². The van der Waals surface area contributed by atoms with Crippen molar-refractivity contribution < 1.29 is 14.3 Å². The quantitative estimate of drug-likeness (QED) is 0.278. The number of aryl methyl sites for hydroxylation is 2. The number of hydrogen-bond donors (Lipinski definition) is 0. The average Bonchev–Trinajstić information content (AvgIpc) is 3.15. The first-order chi connectivity index (χ1) is 16.0. The van der Waals surface area contributed by atoms with Crippen LogP contribution in [0, 0.1) is 13.8 Å². The van der Waals surface area contributed by atoms with Gasteiger partial charge in [-0.15, -0.1) is 0 Å². The molecule has 168 valence electrons. The van der Waals surface area contributed by atoms with Gasteiger partial charge in [-0.3, -0.25) is 9.59 Å². The molecule has 1 heterocycles. The summed E-state index contributed by atoms with van der Waals surface area (Å²) in [7, 11) is 0. The molecular formula is C27H26N2O3S. The van der Waals surface area contributed by atoms with E-state index in [1.54, 1.807) is 36.4 Å². The zero-order valence-corrected chi connectivity index (χ0v) is 19.8. The molecule has 0 bridgehead atoms. The number of benzene rings is 3. The summed E-state index contributed by atoms with van der Waals surface area (Å²) < 4.78 is 8.69. The van der Waals surface area contributed by atoms with E-state index in [0.717, 1.165) is 10.2 Å². The van der Waals surface area contributed by atoms with Crippen LogP contribution in [-0.2, 0) is 11.3 Å². The van der Waals surface area contributed by atoms with Gasteiger partial charge in [0.05, 0.1) is 16.8 Å². The van der Waals surface area contributed by atoms with Crippen molar-refractivity contribution in [1.82, 2.24) is 4.57 Å². The molecule has 0 atom stereocenters. The minimum Gasteiger partial charge on any atom is -0.380 e. The fraction of sp³-hybridized carbons (Fsp3) is 0.222. The molecule has 1 amide bonds. The van der Waals surface area contributed by atoms with Crippen molar-refractivity contribution in [2.75, 3.05) is 13.2 Å². The summed E-state index contributed by atoms with van der Waals surface area (Å²) in [6.07, 6.45) is 0. The van der Waals surface area contributed by atoms with Crippen LogP contribution in [0.15, 0.2) is 71.7 Å². The molecule has 6 heteroatoms. The first-order valence-corrected chi connectivity index (χ1v) is 11.8. The molecule has 0 aliphatic rings. The van der Waals surface area contributed by atoms with Crippen LogP contribution in [-0.4, -0.2) is 29.5 Å². The highest BCUT2D eigenvalue weighted by Gasteiger charge is 2.13. The zero-order valence-electron chi connectivity index (χ0n) is 19.0. The molecule has 3 aromatic carbocycles. The van der Waals surface area contributed by atoms with Gasteiger partial charge in [-0.05, 0) is 56.2 Å². The summed E-state index contributed by atoms with van der Waals surface area (Å²) in [5.74, 6) is -0.408. The van der Waals surface area contributed by atoms with Crippen LogP contribution in [0.25, 0.3) is 10.2 Å². The van der Waals surface area contributed by atoms with Crippen LogP contribution >= 0.6 is 11.3 Å². The predicted molar refractivity (Wildman–Crippen MR) is 132 cm³/mol. The maximum Gasteiger partial charge on any atom is 0.279 e. The highest BCUT2D eigenvalue weighted by molar-refractivity contribution is 7.16. The first kappa shape index (κ1) is 22.8. The highest BCUT2D eigenvalue weighted by Crippen LogP contribution is 2.22. The van der Waals surface area contributed by atoms with Gasteiger partial charge < -0.3 is 9.30 Å². The molecule has 0 aliphatic heterocycles. The lowest BCUT2D eigenvalue weighted by Gasteiger charge is -2.07. The fourth-order valence-corrected chi connectivity index (χ4v) is 4.73. The smallest absolute Gasteiger partial charge is 0.279 e. The first-order valence-electron chi connectivity index (χ1n) is 10.9. The summed E-state index contributed by atoms with van der Waals surface area (Å²) >= 11 is 1.50. The maximum atomic E-state index is 13.0. The topological polar surface area (TPSA) is 60.7 Å². The molecule has 0 saturated carbocycles. The molecule has 0 unspecified atom stereocenters. The second kappa shape index (κ2) is 10.1. The van der Waals surface area contributed by atoms with Crippen molar-refractivity contribution >= 4 is 33.2 Å². The minimum absolute atomic E-state index is 0.0736. The van der Waals surface area contributed by atoms with Gasteiger partial charge in [-0.25, -0.2) is 0 Å². The third-order valence-electron chi connectivity index (χ3n) is 5.59. The van der Waals surface area contributed by atoms with Crippen molar-refractivity contribution in [2.45, 2.75) is 27.3 Å². The Morgan fingerprint density at radius 3 is 2.24 bits per heavy atom. The number of nitrogens with zero attached hydrogens (tertiary/aromatic N) is 2. The number of ketones is 1. The van der Waals surface area contributed by atoms with Crippen molar-refractivity contribution in [3.63, 3.8) is 0 Å². The normalized spacial score (nSPS) is 11.8. The van der Waals surface area contributed by atoms with Gasteiger partial charge in [0.2, 0.25) is 0 Å². The maximum absolute atomic E-state index is 13.0. The Hall–Kier alpha value is -3.35. The molecule has 1 aromatic heterocycles. The Labute approximate surface area is 197 Å². The van der Waals surface area contributed by atoms with E-state index in [1.165, 1.54) is 22.5 Å². The van der Waals surface area contributed by atoms with E-state index in [1.807, 2.05) is 29.7 Å². The lowest BCUT2D eigenvalue weighted by Crippen LogP contribution is -2.19. The lowest BCUT2D eigenvalue weighted by atomic mass is 10.0. The standard InChI is InChI=1S/C27H26N2O3S/c1-4-32-15-14-29-23-16-18(2)19(3)17-24(23)33-27(29)28-26(31)22-12-10-21(11-13-22)25(30)20-8-6-5-7-9-20/h5-13,16-17H,4,14-15H2,1-3H3. The van der Waals surface area contributed by atoms with E-state index >= 15 is 0 Å². The van der Waals surface area contributed by atoms with Gasteiger partial charge in [0.25, 0.3) is 5.91 Å². The van der Waals surface area contributed by atoms with Crippen LogP contribution in [0.4, 0.5) is 0 Å². The molecule has 0 aliphatic carbocycles. The van der Waals surface area contributed by atoms with Crippen LogP contribution in [0.5, 0.6) is 0 Å². The number of fused-ring (bicyclic) bond motifs is 1. The summed E-state index contributed by atoms with van der Waals surface area (Å²) in [4.78, 5) is 30.7. The second-order valence-electron chi connectivity index (χ2n) is 7.83. The van der Waals surface area contributed by atoms with Crippen molar-refractivity contribution in [3.05, 3.63) is 99.3 Å². The molecule has 0 saturated heterocycles. The molecule has 0 fully saturated rings. The Balaban J connectivity index is 1.66. The van der Waals surface area contributed by atoms with Gasteiger partial charge in [0.15, 0.2) is 10.6 Å². The van der Waals surface area contributed by atoms with Crippen molar-refractivity contribution in [3.8, 4) is 0 Å². The molecule has 5 nitrogen and oxygen atoms in total. The summed E-state index contributed by atoms with van der Waals surface area (Å²) in [5.41, 5.74) is 5.06. The highest BCUT2D eigenvalue weighted by atomic mass is 32.1. The Morgan fingerprint density at radius 2 is 1.55 bits per heavy atom. The Kier molecular flexibility index (Phi) is 6.96. The van der Waals surface area contributed by atoms with Gasteiger partial charge in [0.1, 0.15) is 0 Å². The van der Waals surface area contributed by atoms with E-state index < -0.39 is 0 Å². The summed E-state index contributed by atoms with van der Waals surface area (Å²) in [5, 5.41) is 0. The molecular weight excluding hydrogens is 432 g/mol. The number of carbonyl (C=O) groups excluding carboxylic acids is 2. The van der Waals surface area contributed by atoms with Gasteiger partial charge >= 0.3 is 0 Å². The molecule has 33 heavy (non-hydrogen) atoms. The van der Waals surface area contributed by atoms with Gasteiger partial charge in [0, 0.05) is 29.8 Å². The van der Waals surface area contributed by atoms with Crippen LogP contribution in [0.2, 0.25) is 0 Å². The SMILES string of the molecule is CCOCCn1c(=NC(=O)c2ccc(C(=O)c3ccccc3)cc2)sc2cc(C)c(C)cc21. The predicted octanol–water partition coefficient (Wildman–Crippen LogP) is 5.33. The number of rotatable bonds is 7. The molecule has 0 radical (unpaired) electrons. The molecule has 0 spiro atoms. The minimum atomic E-state index is -0.334. The Bertz CT molecular complexity index is 1370. The number of carbonyl (C=O) groups is 2. The molecule has 0 N–H and O–H groups in total. The summed E-state index contributed by atoms with van der Waals surface area (Å²) in [6, 6.07) is 20.1. The number of thiazole rings is 1. The zero-order chi connectivity index (χ0) is 23.4. The Morgan fingerprint density at radius 1 is 0.909 bits per heavy atom. The largest absolute Gasteiger partial charge is 0.380 e. The number of aromatic nitrogens is 1. The van der Waals surface area contributed by atoms with E-state index in [0.29, 0.717) is 41.3 Å². The third kappa shape index (κ3) is 5.02. The van der Waals surface area contributed by atoms with E-state index in [-0.39, 0.29) is 11.7 Å². The van der Waals surface area contributed by atoms with Crippen LogP contribution in [0.3, 0.4) is 0 Å². The van der Waals surface area contributed by atoms with E-state index in [4.69, 9.17) is 4.74 Å². The van der Waals surface area contributed by atoms with Gasteiger partial charge in [-0.2, -0.15) is 4.99 Å². The number of ether oxygens (including phenoxy) is 1. The average molecular weight is 459 g/mol. The summed E-state index contributed by atoms with van der Waals surface area (Å²) in [6.45, 7) is 7.93. The number of hydrogen-bond acceptors (Lipinski definition) is 4. The molecule has 4 rings (SSSR count). The van der Waals surface area contributed by atoms with Crippen LogP contribution < -0.4 is 4.80 Å². The van der Waals surface area contributed by atoms with Gasteiger partial charge in [-0.1, -0.05) is 53.8 Å². The monoisotopic (exact) mass is 458 g/mol. The number of amides is 1. The van der Waals surface area contributed by atoms with E-state index in [2.05, 4.69) is 31.0 Å². The fourth-order valence-electron chi connectivity index (χ4n) is 3.59. The van der Waals surface area contributed by atoms with Crippen molar-refractivity contribution in [2.24, 2.45) is 4.99 Å². The molecule has 4 aromatic rings. The van der Waals surface area contributed by atoms with Crippen LogP contribution in [0.1, 0.15) is 44.3 Å². The second-order valence-corrected chi connectivity index (χ2v) is 8.84.